The van der Waals surface area contributed by atoms with Crippen molar-refractivity contribution in [2.45, 2.75) is 51.2 Å². The van der Waals surface area contributed by atoms with Gasteiger partial charge in [0.15, 0.2) is 9.84 Å². The fourth-order valence-corrected chi connectivity index (χ4v) is 3.74. The smallest absolute Gasteiger partial charge is 0.410 e. The van der Waals surface area contributed by atoms with E-state index >= 15 is 0 Å². The molecule has 6 nitrogen and oxygen atoms in total. The number of amides is 1. The SMILES string of the molecule is CCC(C)OC(=O)N1CCN(c2cccc(S(C)(=O)=O)c2)C[C@H]1C(C)C. The van der Waals surface area contributed by atoms with Gasteiger partial charge in [0.05, 0.1) is 10.9 Å². The van der Waals surface area contributed by atoms with Gasteiger partial charge in [-0.1, -0.05) is 26.8 Å². The zero-order valence-corrected chi connectivity index (χ0v) is 17.1. The maximum Gasteiger partial charge on any atom is 0.410 e. The molecule has 1 aromatic carbocycles. The van der Waals surface area contributed by atoms with Crippen molar-refractivity contribution in [2.75, 3.05) is 30.8 Å². The van der Waals surface area contributed by atoms with E-state index in [2.05, 4.69) is 18.7 Å². The molecule has 1 amide bonds. The minimum Gasteiger partial charge on any atom is -0.446 e. The van der Waals surface area contributed by atoms with Gasteiger partial charge in [0.25, 0.3) is 0 Å². The molecule has 1 heterocycles. The highest BCUT2D eigenvalue weighted by atomic mass is 32.2. The number of carbonyl (C=O) groups is 1. The maximum atomic E-state index is 12.5. The van der Waals surface area contributed by atoms with Crippen LogP contribution in [-0.2, 0) is 14.6 Å². The molecule has 2 rings (SSSR count). The van der Waals surface area contributed by atoms with Gasteiger partial charge in [-0.05, 0) is 37.5 Å². The number of ether oxygens (including phenoxy) is 1. The molecule has 0 aromatic heterocycles. The molecule has 26 heavy (non-hydrogen) atoms. The average Bonchev–Trinajstić information content (AvgIpc) is 2.60. The van der Waals surface area contributed by atoms with Crippen molar-refractivity contribution in [1.82, 2.24) is 4.90 Å². The van der Waals surface area contributed by atoms with E-state index < -0.39 is 9.84 Å². The number of piperazine rings is 1. The van der Waals surface area contributed by atoms with Gasteiger partial charge in [0, 0.05) is 31.6 Å². The molecule has 1 saturated heterocycles. The van der Waals surface area contributed by atoms with Crippen LogP contribution in [0.1, 0.15) is 34.1 Å². The Balaban J connectivity index is 2.18. The summed E-state index contributed by atoms with van der Waals surface area (Å²) in [6, 6.07) is 7.01. The van der Waals surface area contributed by atoms with Crippen LogP contribution in [0.4, 0.5) is 10.5 Å². The van der Waals surface area contributed by atoms with Gasteiger partial charge in [-0.25, -0.2) is 13.2 Å². The van der Waals surface area contributed by atoms with Crippen LogP contribution in [0, 0.1) is 5.92 Å². The minimum atomic E-state index is -3.25. The van der Waals surface area contributed by atoms with Crippen molar-refractivity contribution in [1.29, 1.82) is 0 Å². The first-order chi connectivity index (χ1) is 12.1. The van der Waals surface area contributed by atoms with Crippen LogP contribution >= 0.6 is 0 Å². The quantitative estimate of drug-likeness (QED) is 0.782. The van der Waals surface area contributed by atoms with Crippen LogP contribution in [0.15, 0.2) is 29.2 Å². The number of carbonyl (C=O) groups excluding carboxylic acids is 1. The summed E-state index contributed by atoms with van der Waals surface area (Å²) in [5.74, 6) is 0.264. The van der Waals surface area contributed by atoms with Crippen molar-refractivity contribution >= 4 is 21.6 Å². The van der Waals surface area contributed by atoms with Gasteiger partial charge < -0.3 is 14.5 Å². The molecule has 0 bridgehead atoms. The van der Waals surface area contributed by atoms with Gasteiger partial charge in [-0.2, -0.15) is 0 Å². The predicted molar refractivity (Wildman–Crippen MR) is 103 cm³/mol. The maximum absolute atomic E-state index is 12.5. The summed E-state index contributed by atoms with van der Waals surface area (Å²) in [5, 5.41) is 0. The molecule has 146 valence electrons. The normalized spacial score (nSPS) is 19.5. The second-order valence-corrected chi connectivity index (χ2v) is 9.34. The number of anilines is 1. The molecule has 1 aromatic rings. The highest BCUT2D eigenvalue weighted by molar-refractivity contribution is 7.90. The Kier molecular flexibility index (Phi) is 6.55. The Labute approximate surface area is 157 Å². The minimum absolute atomic E-state index is 0.0159. The molecule has 0 radical (unpaired) electrons. The van der Waals surface area contributed by atoms with Crippen LogP contribution in [0.5, 0.6) is 0 Å². The molecule has 1 fully saturated rings. The van der Waals surface area contributed by atoms with Crippen molar-refractivity contribution in [3.8, 4) is 0 Å². The highest BCUT2D eigenvalue weighted by Crippen LogP contribution is 2.25. The zero-order chi connectivity index (χ0) is 19.5. The highest BCUT2D eigenvalue weighted by Gasteiger charge is 2.34. The summed E-state index contributed by atoms with van der Waals surface area (Å²) in [7, 11) is -3.25. The first-order valence-corrected chi connectivity index (χ1v) is 11.0. The molecular weight excluding hydrogens is 352 g/mol. The monoisotopic (exact) mass is 382 g/mol. The summed E-state index contributed by atoms with van der Waals surface area (Å²) < 4.78 is 29.2. The Morgan fingerprint density at radius 1 is 1.27 bits per heavy atom. The second kappa shape index (κ2) is 8.29. The molecule has 7 heteroatoms. The number of rotatable bonds is 5. The van der Waals surface area contributed by atoms with Gasteiger partial charge in [-0.15, -0.1) is 0 Å². The third kappa shape index (κ3) is 4.90. The lowest BCUT2D eigenvalue weighted by Gasteiger charge is -2.44. The summed E-state index contributed by atoms with van der Waals surface area (Å²) in [5.41, 5.74) is 0.869. The third-order valence-electron chi connectivity index (χ3n) is 4.91. The topological polar surface area (TPSA) is 66.9 Å². The Bertz CT molecular complexity index is 733. The van der Waals surface area contributed by atoms with E-state index in [0.717, 1.165) is 12.1 Å². The molecule has 0 spiro atoms. The standard InChI is InChI=1S/C19H30N2O4S/c1-6-15(4)25-19(22)21-11-10-20(13-18(21)14(2)3)16-8-7-9-17(12-16)26(5,23)24/h7-9,12,14-15,18H,6,10-11,13H2,1-5H3/t15?,18-/m0/s1. The van der Waals surface area contributed by atoms with E-state index in [1.807, 2.05) is 24.8 Å². The third-order valence-corrected chi connectivity index (χ3v) is 6.02. The van der Waals surface area contributed by atoms with Crippen LogP contribution in [0.3, 0.4) is 0 Å². The number of sulfone groups is 1. The first kappa shape index (κ1) is 20.6. The molecule has 1 aliphatic heterocycles. The van der Waals surface area contributed by atoms with E-state index in [1.165, 1.54) is 6.26 Å². The molecule has 0 N–H and O–H groups in total. The average molecular weight is 383 g/mol. The molecule has 2 atom stereocenters. The first-order valence-electron chi connectivity index (χ1n) is 9.15. The van der Waals surface area contributed by atoms with Crippen molar-refractivity contribution < 1.29 is 17.9 Å². The second-order valence-electron chi connectivity index (χ2n) is 7.32. The fraction of sp³-hybridized carbons (Fsp3) is 0.632. The Morgan fingerprint density at radius 2 is 1.96 bits per heavy atom. The van der Waals surface area contributed by atoms with E-state index in [9.17, 15) is 13.2 Å². The fourth-order valence-electron chi connectivity index (χ4n) is 3.08. The van der Waals surface area contributed by atoms with E-state index in [4.69, 9.17) is 4.74 Å². The van der Waals surface area contributed by atoms with Gasteiger partial charge in [0.1, 0.15) is 6.10 Å². The van der Waals surface area contributed by atoms with Crippen LogP contribution in [0.25, 0.3) is 0 Å². The van der Waals surface area contributed by atoms with Crippen LogP contribution in [-0.4, -0.2) is 57.4 Å². The predicted octanol–water partition coefficient (Wildman–Crippen LogP) is 3.17. The van der Waals surface area contributed by atoms with E-state index in [0.29, 0.717) is 24.5 Å². The molecule has 1 unspecified atom stereocenters. The summed E-state index contributed by atoms with van der Waals surface area (Å²) in [6.07, 6.45) is 1.64. The number of hydrogen-bond acceptors (Lipinski definition) is 5. The summed E-state index contributed by atoms with van der Waals surface area (Å²) in [6.45, 7) is 9.92. The number of benzene rings is 1. The van der Waals surface area contributed by atoms with Crippen molar-refractivity contribution in [3.05, 3.63) is 24.3 Å². The zero-order valence-electron chi connectivity index (χ0n) is 16.3. The lowest BCUT2D eigenvalue weighted by molar-refractivity contribution is 0.0445. The van der Waals surface area contributed by atoms with E-state index in [-0.39, 0.29) is 24.2 Å². The Morgan fingerprint density at radius 3 is 2.54 bits per heavy atom. The van der Waals surface area contributed by atoms with Crippen molar-refractivity contribution in [2.24, 2.45) is 5.92 Å². The van der Waals surface area contributed by atoms with E-state index in [1.54, 1.807) is 18.2 Å². The van der Waals surface area contributed by atoms with Crippen LogP contribution in [0.2, 0.25) is 0 Å². The lowest BCUT2D eigenvalue weighted by Crippen LogP contribution is -2.57. The number of nitrogens with zero attached hydrogens (tertiary/aromatic N) is 2. The summed E-state index contributed by atoms with van der Waals surface area (Å²) in [4.78, 5) is 16.8. The molecule has 0 aliphatic carbocycles. The molecule has 0 saturated carbocycles. The lowest BCUT2D eigenvalue weighted by atomic mass is 9.99. The molecule has 1 aliphatic rings. The Hall–Kier alpha value is -1.76. The largest absolute Gasteiger partial charge is 0.446 e. The summed E-state index contributed by atoms with van der Waals surface area (Å²) >= 11 is 0. The van der Waals surface area contributed by atoms with Crippen LogP contribution < -0.4 is 4.90 Å². The van der Waals surface area contributed by atoms with Gasteiger partial charge >= 0.3 is 6.09 Å². The molecular formula is C19H30N2O4S. The van der Waals surface area contributed by atoms with Gasteiger partial charge in [0.2, 0.25) is 0 Å². The van der Waals surface area contributed by atoms with Crippen molar-refractivity contribution in [3.63, 3.8) is 0 Å². The number of hydrogen-bond donors (Lipinski definition) is 0. The van der Waals surface area contributed by atoms with Gasteiger partial charge in [-0.3, -0.25) is 0 Å².